The first-order valence-electron chi connectivity index (χ1n) is 6.23. The summed E-state index contributed by atoms with van der Waals surface area (Å²) in [4.78, 5) is 0. The van der Waals surface area contributed by atoms with E-state index in [2.05, 4.69) is 48.6 Å². The highest BCUT2D eigenvalue weighted by molar-refractivity contribution is 14.1. The zero-order chi connectivity index (χ0) is 13.8. The molecule has 2 nitrogen and oxygen atoms in total. The topological polar surface area (TPSA) is 40.5 Å². The summed E-state index contributed by atoms with van der Waals surface area (Å²) in [5.74, 6) is 0. The first kappa shape index (κ1) is 13.2. The second kappa shape index (κ2) is 4.33. The van der Waals surface area contributed by atoms with E-state index in [1.165, 1.54) is 14.7 Å². The summed E-state index contributed by atoms with van der Waals surface area (Å²) in [5, 5.41) is 19.3. The van der Waals surface area contributed by atoms with Gasteiger partial charge in [-0.2, -0.15) is 0 Å². The molecule has 0 spiro atoms. The molecule has 0 saturated carbocycles. The predicted molar refractivity (Wildman–Crippen MR) is 86.5 cm³/mol. The summed E-state index contributed by atoms with van der Waals surface area (Å²) in [6, 6.07) is 12.0. The molecule has 0 heterocycles. The molecule has 2 aromatic carbocycles. The molecule has 0 fully saturated rings. The highest BCUT2D eigenvalue weighted by Gasteiger charge is 2.39. The standard InChI is InChI=1S/C15H14BIO2/c1-15(2)10-6-4-3-5-9(10)13-11(16(18)19)7-8-12(17)14(13)15/h3-8,18-19H,1-2H3. The van der Waals surface area contributed by atoms with Crippen molar-refractivity contribution in [2.45, 2.75) is 19.3 Å². The fourth-order valence-electron chi connectivity index (χ4n) is 3.09. The Morgan fingerprint density at radius 1 is 1.05 bits per heavy atom. The molecule has 0 aromatic heterocycles. The highest BCUT2D eigenvalue weighted by atomic mass is 127. The van der Waals surface area contributed by atoms with Crippen LogP contribution in [-0.2, 0) is 5.41 Å². The molecule has 0 bridgehead atoms. The highest BCUT2D eigenvalue weighted by Crippen LogP contribution is 2.49. The predicted octanol–water partition coefficient (Wildman–Crippen LogP) is 2.28. The third-order valence-electron chi connectivity index (χ3n) is 3.96. The molecule has 0 unspecified atom stereocenters. The van der Waals surface area contributed by atoms with Crippen LogP contribution in [0.2, 0.25) is 0 Å². The van der Waals surface area contributed by atoms with Gasteiger partial charge in [0.15, 0.2) is 0 Å². The van der Waals surface area contributed by atoms with Gasteiger partial charge in [0.2, 0.25) is 0 Å². The summed E-state index contributed by atoms with van der Waals surface area (Å²) in [5.41, 5.74) is 5.03. The van der Waals surface area contributed by atoms with Crippen molar-refractivity contribution >= 4 is 35.2 Å². The monoisotopic (exact) mass is 364 g/mol. The molecule has 1 aliphatic carbocycles. The van der Waals surface area contributed by atoms with Gasteiger partial charge in [-0.3, -0.25) is 0 Å². The van der Waals surface area contributed by atoms with Gasteiger partial charge in [0, 0.05) is 8.99 Å². The van der Waals surface area contributed by atoms with Gasteiger partial charge in [-0.25, -0.2) is 0 Å². The van der Waals surface area contributed by atoms with Crippen LogP contribution in [0.4, 0.5) is 0 Å². The normalized spacial score (nSPS) is 15.0. The third-order valence-corrected chi connectivity index (χ3v) is 4.86. The van der Waals surface area contributed by atoms with Gasteiger partial charge in [-0.1, -0.05) is 44.2 Å². The van der Waals surface area contributed by atoms with Gasteiger partial charge in [0.05, 0.1) is 0 Å². The smallest absolute Gasteiger partial charge is 0.423 e. The quantitative estimate of drug-likeness (QED) is 0.602. The van der Waals surface area contributed by atoms with E-state index in [1.54, 1.807) is 0 Å². The minimum atomic E-state index is -1.44. The lowest BCUT2D eigenvalue weighted by Gasteiger charge is -2.23. The van der Waals surface area contributed by atoms with Crippen LogP contribution in [-0.4, -0.2) is 17.2 Å². The van der Waals surface area contributed by atoms with Gasteiger partial charge < -0.3 is 10.0 Å². The van der Waals surface area contributed by atoms with Crippen LogP contribution in [0, 0.1) is 3.57 Å². The van der Waals surface area contributed by atoms with E-state index in [0.717, 1.165) is 11.1 Å². The Morgan fingerprint density at radius 2 is 1.74 bits per heavy atom. The van der Waals surface area contributed by atoms with Gasteiger partial charge in [0.1, 0.15) is 0 Å². The van der Waals surface area contributed by atoms with Crippen LogP contribution in [0.5, 0.6) is 0 Å². The number of benzene rings is 2. The summed E-state index contributed by atoms with van der Waals surface area (Å²) < 4.78 is 1.16. The zero-order valence-electron chi connectivity index (χ0n) is 10.8. The summed E-state index contributed by atoms with van der Waals surface area (Å²) in [6.07, 6.45) is 0. The minimum Gasteiger partial charge on any atom is -0.423 e. The van der Waals surface area contributed by atoms with Gasteiger partial charge >= 0.3 is 7.12 Å². The van der Waals surface area contributed by atoms with Crippen molar-refractivity contribution < 1.29 is 10.0 Å². The number of hydrogen-bond acceptors (Lipinski definition) is 2. The average molecular weight is 364 g/mol. The molecule has 2 aromatic rings. The lowest BCUT2D eigenvalue weighted by Crippen LogP contribution is -2.32. The molecule has 4 heteroatoms. The average Bonchev–Trinajstić information content (AvgIpc) is 2.60. The Morgan fingerprint density at radius 3 is 2.42 bits per heavy atom. The van der Waals surface area contributed by atoms with E-state index in [0.29, 0.717) is 5.46 Å². The number of hydrogen-bond donors (Lipinski definition) is 2. The third kappa shape index (κ3) is 1.77. The maximum Gasteiger partial charge on any atom is 0.489 e. The maximum atomic E-state index is 9.63. The van der Waals surface area contributed by atoms with Crippen LogP contribution in [0.1, 0.15) is 25.0 Å². The number of rotatable bonds is 1. The van der Waals surface area contributed by atoms with E-state index in [-0.39, 0.29) is 5.41 Å². The molecular formula is C15H14BIO2. The molecule has 2 N–H and O–H groups in total. The minimum absolute atomic E-state index is 0.104. The molecule has 96 valence electrons. The number of fused-ring (bicyclic) bond motifs is 3. The summed E-state index contributed by atoms with van der Waals surface area (Å²) >= 11 is 2.33. The van der Waals surface area contributed by atoms with Gasteiger partial charge in [-0.15, -0.1) is 0 Å². The van der Waals surface area contributed by atoms with E-state index >= 15 is 0 Å². The van der Waals surface area contributed by atoms with Crippen LogP contribution in [0.3, 0.4) is 0 Å². The van der Waals surface area contributed by atoms with Crippen molar-refractivity contribution in [2.75, 3.05) is 0 Å². The Hall–Kier alpha value is -0.845. The summed E-state index contributed by atoms with van der Waals surface area (Å²) in [6.45, 7) is 4.38. The van der Waals surface area contributed by atoms with Crippen LogP contribution in [0.15, 0.2) is 36.4 Å². The van der Waals surface area contributed by atoms with Crippen LogP contribution in [0.25, 0.3) is 11.1 Å². The van der Waals surface area contributed by atoms with Crippen LogP contribution >= 0.6 is 22.6 Å². The molecule has 0 saturated heterocycles. The first-order valence-corrected chi connectivity index (χ1v) is 7.31. The lowest BCUT2D eigenvalue weighted by atomic mass is 9.74. The van der Waals surface area contributed by atoms with E-state index in [4.69, 9.17) is 0 Å². The van der Waals surface area contributed by atoms with Crippen molar-refractivity contribution in [3.8, 4) is 11.1 Å². The largest absolute Gasteiger partial charge is 0.489 e. The zero-order valence-corrected chi connectivity index (χ0v) is 13.0. The van der Waals surface area contributed by atoms with Crippen molar-refractivity contribution in [2.24, 2.45) is 0 Å². The molecule has 0 radical (unpaired) electrons. The van der Waals surface area contributed by atoms with Gasteiger partial charge in [0.25, 0.3) is 0 Å². The SMILES string of the molecule is CC1(C)c2ccccc2-c2c(B(O)O)ccc(I)c21. The van der Waals surface area contributed by atoms with Crippen molar-refractivity contribution in [1.82, 2.24) is 0 Å². The Balaban J connectivity index is 2.45. The fraction of sp³-hybridized carbons (Fsp3) is 0.200. The maximum absolute atomic E-state index is 9.63. The molecule has 1 aliphatic rings. The Bertz CT molecular complexity index is 665. The number of halogens is 1. The second-order valence-electron chi connectivity index (χ2n) is 5.43. The first-order chi connectivity index (χ1) is 8.94. The van der Waals surface area contributed by atoms with E-state index < -0.39 is 7.12 Å². The lowest BCUT2D eigenvalue weighted by molar-refractivity contribution is 0.426. The van der Waals surface area contributed by atoms with Crippen molar-refractivity contribution in [3.63, 3.8) is 0 Å². The fourth-order valence-corrected chi connectivity index (χ4v) is 4.21. The van der Waals surface area contributed by atoms with E-state index in [9.17, 15) is 10.0 Å². The molecule has 0 aliphatic heterocycles. The molecular weight excluding hydrogens is 350 g/mol. The van der Waals surface area contributed by atoms with Crippen molar-refractivity contribution in [1.29, 1.82) is 0 Å². The molecule has 19 heavy (non-hydrogen) atoms. The molecule has 0 amide bonds. The molecule has 3 rings (SSSR count). The van der Waals surface area contributed by atoms with Crippen molar-refractivity contribution in [3.05, 3.63) is 51.1 Å². The van der Waals surface area contributed by atoms with E-state index in [1.807, 2.05) is 24.3 Å². The van der Waals surface area contributed by atoms with Crippen LogP contribution < -0.4 is 5.46 Å². The summed E-state index contributed by atoms with van der Waals surface area (Å²) in [7, 11) is -1.44. The van der Waals surface area contributed by atoms with Gasteiger partial charge in [-0.05, 0) is 56.4 Å². The second-order valence-corrected chi connectivity index (χ2v) is 6.59. The molecule has 0 atom stereocenters. The Labute approximate surface area is 126 Å². The Kier molecular flexibility index (Phi) is 3.00.